The molecule has 9 heteroatoms. The van der Waals surface area contributed by atoms with Gasteiger partial charge in [0.25, 0.3) is 11.8 Å². The Balaban J connectivity index is 1.73. The Morgan fingerprint density at radius 3 is 2.57 bits per heavy atom. The second-order valence-corrected chi connectivity index (χ2v) is 7.37. The van der Waals surface area contributed by atoms with E-state index in [1.807, 2.05) is 32.0 Å². The summed E-state index contributed by atoms with van der Waals surface area (Å²) in [4.78, 5) is 26.5. The van der Waals surface area contributed by atoms with E-state index < -0.39 is 5.91 Å². The molecule has 2 heterocycles. The van der Waals surface area contributed by atoms with Gasteiger partial charge in [0.2, 0.25) is 0 Å². The molecule has 0 aliphatic heterocycles. The lowest BCUT2D eigenvalue weighted by atomic mass is 10.1. The third-order valence-electron chi connectivity index (χ3n) is 4.75. The van der Waals surface area contributed by atoms with Crippen LogP contribution < -0.4 is 10.1 Å². The third-order valence-corrected chi connectivity index (χ3v) is 4.75. The topological polar surface area (TPSA) is 94.3 Å². The van der Waals surface area contributed by atoms with Crippen LogP contribution in [0, 0.1) is 20.8 Å². The van der Waals surface area contributed by atoms with Gasteiger partial charge in [0.1, 0.15) is 5.75 Å². The molecule has 30 heavy (non-hydrogen) atoms. The van der Waals surface area contributed by atoms with Gasteiger partial charge in [0.15, 0.2) is 18.1 Å². The molecule has 1 aromatic carbocycles. The maximum Gasteiger partial charge on any atom is 0.276 e. The number of ether oxygens (including phenoxy) is 1. The Kier molecular flexibility index (Phi) is 5.91. The third kappa shape index (κ3) is 4.35. The highest BCUT2D eigenvalue weighted by Gasteiger charge is 2.23. The molecule has 0 saturated heterocycles. The van der Waals surface area contributed by atoms with E-state index in [9.17, 15) is 9.59 Å². The smallest absolute Gasteiger partial charge is 0.276 e. The first-order valence-corrected chi connectivity index (χ1v) is 9.47. The molecule has 158 valence electrons. The molecule has 0 saturated carbocycles. The summed E-state index contributed by atoms with van der Waals surface area (Å²) >= 11 is 0. The lowest BCUT2D eigenvalue weighted by molar-refractivity contribution is 0.0822. The minimum absolute atomic E-state index is 0.174. The Bertz CT molecular complexity index is 1100. The van der Waals surface area contributed by atoms with Gasteiger partial charge in [-0.25, -0.2) is 4.68 Å². The molecular formula is C21H26N6O3. The summed E-state index contributed by atoms with van der Waals surface area (Å²) in [7, 11) is 4.99. The van der Waals surface area contributed by atoms with Crippen molar-refractivity contribution in [2.24, 2.45) is 7.05 Å². The van der Waals surface area contributed by atoms with E-state index >= 15 is 0 Å². The van der Waals surface area contributed by atoms with Crippen LogP contribution >= 0.6 is 0 Å². The minimum Gasteiger partial charge on any atom is -0.471 e. The summed E-state index contributed by atoms with van der Waals surface area (Å²) in [6.45, 7) is 5.93. The van der Waals surface area contributed by atoms with Crippen molar-refractivity contribution in [3.05, 3.63) is 58.7 Å². The fourth-order valence-electron chi connectivity index (χ4n) is 2.85. The first kappa shape index (κ1) is 21.1. The highest BCUT2D eigenvalue weighted by molar-refractivity contribution is 6.07. The second kappa shape index (κ2) is 8.40. The van der Waals surface area contributed by atoms with Crippen molar-refractivity contribution in [1.82, 2.24) is 24.5 Å². The first-order chi connectivity index (χ1) is 14.2. The Labute approximate surface area is 175 Å². The summed E-state index contributed by atoms with van der Waals surface area (Å²) < 4.78 is 8.92. The number of nitrogens with zero attached hydrogens (tertiary/aromatic N) is 5. The number of carbonyl (C=O) groups excluding carboxylic acids is 2. The molecule has 0 aliphatic carbocycles. The molecular weight excluding hydrogens is 384 g/mol. The lowest BCUT2D eigenvalue weighted by Gasteiger charge is -2.10. The molecule has 1 N–H and O–H groups in total. The number of aryl methyl sites for hydroxylation is 3. The van der Waals surface area contributed by atoms with Crippen molar-refractivity contribution >= 4 is 17.5 Å². The van der Waals surface area contributed by atoms with Gasteiger partial charge in [-0.1, -0.05) is 12.1 Å². The number of nitrogens with one attached hydrogen (secondary N) is 1. The number of carbonyl (C=O) groups is 2. The molecule has 3 aromatic rings. The molecule has 3 rings (SSSR count). The highest BCUT2D eigenvalue weighted by Crippen LogP contribution is 2.22. The summed E-state index contributed by atoms with van der Waals surface area (Å²) in [6.07, 6.45) is 1.67. The average molecular weight is 410 g/mol. The fourth-order valence-corrected chi connectivity index (χ4v) is 2.85. The number of hydrogen-bond acceptors (Lipinski definition) is 5. The zero-order chi connectivity index (χ0) is 22.0. The van der Waals surface area contributed by atoms with E-state index in [1.165, 1.54) is 4.90 Å². The molecule has 2 aromatic heterocycles. The zero-order valence-electron chi connectivity index (χ0n) is 18.1. The predicted octanol–water partition coefficient (Wildman–Crippen LogP) is 2.53. The molecule has 0 unspecified atom stereocenters. The first-order valence-electron chi connectivity index (χ1n) is 9.47. The molecule has 0 spiro atoms. The standard InChI is InChI=1S/C21H26N6O3/c1-13-7-8-14(2)17(11-13)30-12-27-10-9-16(23-27)20(28)22-18-15(3)26(6)24-19(18)21(29)25(4)5/h7-11H,12H2,1-6H3,(H,22,28). The molecule has 0 atom stereocenters. The van der Waals surface area contributed by atoms with E-state index in [1.54, 1.807) is 49.7 Å². The van der Waals surface area contributed by atoms with Crippen LogP contribution in [-0.4, -0.2) is 50.4 Å². The van der Waals surface area contributed by atoms with Crippen LogP contribution in [-0.2, 0) is 13.8 Å². The molecule has 2 amide bonds. The Morgan fingerprint density at radius 1 is 1.13 bits per heavy atom. The van der Waals surface area contributed by atoms with Crippen LogP contribution in [0.15, 0.2) is 30.5 Å². The van der Waals surface area contributed by atoms with Gasteiger partial charge >= 0.3 is 0 Å². The van der Waals surface area contributed by atoms with E-state index in [2.05, 4.69) is 15.5 Å². The van der Waals surface area contributed by atoms with E-state index in [4.69, 9.17) is 4.74 Å². The number of hydrogen-bond donors (Lipinski definition) is 1. The van der Waals surface area contributed by atoms with Gasteiger partial charge in [-0.15, -0.1) is 0 Å². The van der Waals surface area contributed by atoms with Gasteiger partial charge in [-0.05, 0) is 44.0 Å². The van der Waals surface area contributed by atoms with Gasteiger partial charge in [0, 0.05) is 27.3 Å². The minimum atomic E-state index is -0.426. The van der Waals surface area contributed by atoms with Crippen molar-refractivity contribution in [3.63, 3.8) is 0 Å². The van der Waals surface area contributed by atoms with Crippen molar-refractivity contribution in [2.45, 2.75) is 27.5 Å². The predicted molar refractivity (Wildman–Crippen MR) is 113 cm³/mol. The van der Waals surface area contributed by atoms with E-state index in [0.717, 1.165) is 16.9 Å². The van der Waals surface area contributed by atoms with E-state index in [0.29, 0.717) is 11.4 Å². The number of aromatic nitrogens is 4. The number of anilines is 1. The molecule has 0 aliphatic rings. The summed E-state index contributed by atoms with van der Waals surface area (Å²) in [5.41, 5.74) is 3.58. The van der Waals surface area contributed by atoms with Crippen molar-refractivity contribution < 1.29 is 14.3 Å². The zero-order valence-corrected chi connectivity index (χ0v) is 18.1. The quantitative estimate of drug-likeness (QED) is 0.674. The van der Waals surface area contributed by atoms with Gasteiger partial charge in [0.05, 0.1) is 11.4 Å². The molecule has 9 nitrogen and oxygen atoms in total. The van der Waals surface area contributed by atoms with Crippen molar-refractivity contribution in [1.29, 1.82) is 0 Å². The normalized spacial score (nSPS) is 10.7. The lowest BCUT2D eigenvalue weighted by Crippen LogP contribution is -2.24. The molecule has 0 fully saturated rings. The van der Waals surface area contributed by atoms with Gasteiger partial charge < -0.3 is 15.0 Å². The van der Waals surface area contributed by atoms with Crippen molar-refractivity contribution in [2.75, 3.05) is 19.4 Å². The summed E-state index contributed by atoms with van der Waals surface area (Å²) in [5, 5.41) is 11.3. The largest absolute Gasteiger partial charge is 0.471 e. The number of benzene rings is 1. The van der Waals surface area contributed by atoms with Crippen LogP contribution in [0.4, 0.5) is 5.69 Å². The monoisotopic (exact) mass is 410 g/mol. The summed E-state index contributed by atoms with van der Waals surface area (Å²) in [5.74, 6) is 0.0557. The Hall–Kier alpha value is -3.62. The number of amides is 2. The van der Waals surface area contributed by atoms with Crippen LogP contribution in [0.2, 0.25) is 0 Å². The summed E-state index contributed by atoms with van der Waals surface area (Å²) in [6, 6.07) is 7.57. The second-order valence-electron chi connectivity index (χ2n) is 7.37. The van der Waals surface area contributed by atoms with Crippen molar-refractivity contribution in [3.8, 4) is 5.75 Å². The van der Waals surface area contributed by atoms with Crippen LogP contribution in [0.25, 0.3) is 0 Å². The van der Waals surface area contributed by atoms with Crippen LogP contribution in [0.5, 0.6) is 5.75 Å². The van der Waals surface area contributed by atoms with Crippen LogP contribution in [0.1, 0.15) is 37.8 Å². The van der Waals surface area contributed by atoms with Gasteiger partial charge in [-0.3, -0.25) is 14.3 Å². The highest BCUT2D eigenvalue weighted by atomic mass is 16.5. The number of rotatable bonds is 6. The maximum absolute atomic E-state index is 12.7. The fraction of sp³-hybridized carbons (Fsp3) is 0.333. The average Bonchev–Trinajstić information content (AvgIpc) is 3.28. The molecule has 0 radical (unpaired) electrons. The maximum atomic E-state index is 12.7. The SMILES string of the molecule is Cc1ccc(C)c(OCn2ccc(C(=O)Nc3c(C(=O)N(C)C)nn(C)c3C)n2)c1. The molecule has 0 bridgehead atoms. The van der Waals surface area contributed by atoms with E-state index in [-0.39, 0.29) is 24.0 Å². The Morgan fingerprint density at radius 2 is 1.87 bits per heavy atom. The van der Waals surface area contributed by atoms with Gasteiger partial charge in [-0.2, -0.15) is 10.2 Å². The van der Waals surface area contributed by atoms with Crippen LogP contribution in [0.3, 0.4) is 0 Å².